The lowest BCUT2D eigenvalue weighted by Gasteiger charge is -2.47. The van der Waals surface area contributed by atoms with E-state index in [0.717, 1.165) is 75.7 Å². The van der Waals surface area contributed by atoms with Gasteiger partial charge in [0.05, 0.1) is 40.9 Å². The molecule has 2 saturated heterocycles. The monoisotopic (exact) mass is 1780 g/mol. The number of aliphatic carboxylic acids is 1. The maximum absolute atomic E-state index is 16.3. The molecule has 8 amide bonds. The van der Waals surface area contributed by atoms with Gasteiger partial charge in [0.1, 0.15) is 89.9 Å². The molecule has 0 spiro atoms. The number of benzene rings is 6. The van der Waals surface area contributed by atoms with E-state index < -0.39 is 238 Å². The van der Waals surface area contributed by atoms with Crippen LogP contribution in [0.15, 0.2) is 132 Å². The number of aliphatic hydroxyl groups excluding tert-OH is 5. The number of allylic oxidation sites excluding steroid dienone is 2. The highest BCUT2D eigenvalue weighted by molar-refractivity contribution is 14.1. The van der Waals surface area contributed by atoms with E-state index in [1.165, 1.54) is 45.2 Å². The van der Waals surface area contributed by atoms with Crippen molar-refractivity contribution in [1.29, 1.82) is 0 Å². The number of carbonyl (C=O) groups excluding carboxylic acids is 8. The van der Waals surface area contributed by atoms with E-state index in [2.05, 4.69) is 31.9 Å². The Morgan fingerprint density at radius 2 is 1.37 bits per heavy atom. The van der Waals surface area contributed by atoms with Crippen LogP contribution in [0.3, 0.4) is 0 Å². The van der Waals surface area contributed by atoms with E-state index in [9.17, 15) is 65.1 Å². The summed E-state index contributed by atoms with van der Waals surface area (Å²) in [5, 5.41) is 119. The van der Waals surface area contributed by atoms with E-state index in [1.807, 2.05) is 71.1 Å². The van der Waals surface area contributed by atoms with Gasteiger partial charge in [-0.25, -0.2) is 9.59 Å². The van der Waals surface area contributed by atoms with Gasteiger partial charge in [0, 0.05) is 58.0 Å². The van der Waals surface area contributed by atoms with E-state index in [0.29, 0.717) is 0 Å². The fourth-order valence-electron chi connectivity index (χ4n) is 15.6. The Bertz CT molecular complexity index is 5010. The number of halogens is 3. The molecule has 10 unspecified atom stereocenters. The lowest BCUT2D eigenvalue weighted by atomic mass is 9.86. The molecule has 19 atom stereocenters. The number of nitrogens with one attached hydrogen (secondary N) is 6. The first-order valence-corrected chi connectivity index (χ1v) is 39.9. The van der Waals surface area contributed by atoms with E-state index >= 15 is 24.0 Å². The summed E-state index contributed by atoms with van der Waals surface area (Å²) in [5.74, 6) is -18.0. The molecule has 0 radical (unpaired) electrons. The van der Waals surface area contributed by atoms with Gasteiger partial charge < -0.3 is 122 Å². The first-order chi connectivity index (χ1) is 56.0. The van der Waals surface area contributed by atoms with E-state index in [-0.39, 0.29) is 68.9 Å². The number of fused-ring (bicyclic) bond motifs is 17. The fourth-order valence-corrected chi connectivity index (χ4v) is 16.9. The molecule has 34 nitrogen and oxygen atoms in total. The maximum Gasteiger partial charge on any atom is 0.410 e. The quantitative estimate of drug-likeness (QED) is 0.0497. The third-order valence-electron chi connectivity index (χ3n) is 21.8. The van der Waals surface area contributed by atoms with Gasteiger partial charge in [0.25, 0.3) is 0 Å². The van der Waals surface area contributed by atoms with Gasteiger partial charge in [-0.2, -0.15) is 0 Å². The average Bonchev–Trinajstić information content (AvgIpc) is 1.09. The molecule has 9 aliphatic rings. The summed E-state index contributed by atoms with van der Waals surface area (Å²) in [6, 6.07) is 10.7. The van der Waals surface area contributed by atoms with Crippen molar-refractivity contribution < 1.29 is 122 Å². The van der Waals surface area contributed by atoms with Crippen LogP contribution in [-0.4, -0.2) is 207 Å². The number of alkyl halides is 1. The van der Waals surface area contributed by atoms with Crippen molar-refractivity contribution >= 4 is 99.2 Å². The number of carboxylic acid groups (broad SMARTS) is 1. The number of ether oxygens (including phenoxy) is 7. The number of rotatable bonds is 15. The van der Waals surface area contributed by atoms with Crippen LogP contribution < -0.4 is 57.6 Å². The second-order valence-electron chi connectivity index (χ2n) is 30.6. The number of carbonyl (C=O) groups is 9. The summed E-state index contributed by atoms with van der Waals surface area (Å²) < 4.78 is 45.2. The minimum Gasteiger partial charge on any atom is -0.508 e. The number of likely N-dealkylation sites (N-methyl/N-ethyl adjacent to an activating group) is 1. The molecule has 0 aromatic heterocycles. The normalized spacial score (nSPS) is 28.5. The lowest BCUT2D eigenvalue weighted by molar-refractivity contribution is -0.328. The van der Waals surface area contributed by atoms with Crippen LogP contribution in [0.25, 0.3) is 22.3 Å². The number of amides is 8. The number of hydrogen-bond acceptors (Lipinski definition) is 25. The Morgan fingerprint density at radius 1 is 0.720 bits per heavy atom. The standard InChI is InChI=1S/C81H86Cl2IN9O25/c1-32(2)20-49(93(5)80(111)112-31-45-41-12-8-6-10-39(41)40-11-7-9-13-42(40)45)73(104)91-63-65(98)35-15-18-52(46(82)22-35)114-54-24-37-25-55(69(54)118-79-70(68(101)67(100)56(30-84)116-79)117-58-29-81(4,86)71(102)33(3)113-58)115-53-19-16-36(23-47(53)83)66(99)64-77(108)90-62(78(109)110)44-26-38(94)27-51(96)59(44)43-21-34(14-17-50(43)95)60(74(105)92-64)89-75(106)61(37)88-72(103)48(28-57(85)97)87-76(63)107/h6-15,17-19,21-27,32-33,36,45,48-49,56,58,60-68,70-71,79,94-96,98-102H,16,20,28-31,86H2,1-5H3,(H2,85,97)(H,87,107)(H,88,103)(H,89,106)(H,90,108)(H,91,104)(H,92,105)(H,109,110)/t33?,36?,48-,49+,56?,58?,60+,61+,62+,63+,64-,65+,66+,67?,68?,70?,71?,79?,81?/m0/s1. The largest absolute Gasteiger partial charge is 0.508 e. The number of aromatic hydroxyl groups is 3. The third-order valence-corrected chi connectivity index (χ3v) is 23.3. The van der Waals surface area contributed by atoms with Crippen LogP contribution >= 0.6 is 45.8 Å². The predicted octanol–water partition coefficient (Wildman–Crippen LogP) is 4.50. The molecule has 37 heteroatoms. The molecule has 7 aliphatic heterocycles. The minimum atomic E-state index is -2.37. The fraction of sp³-hybridized carbons (Fsp3) is 0.395. The van der Waals surface area contributed by atoms with Crippen molar-refractivity contribution in [3.05, 3.63) is 171 Å². The van der Waals surface area contributed by atoms with Crippen LogP contribution in [0, 0.1) is 11.8 Å². The zero-order valence-corrected chi connectivity index (χ0v) is 67.3. The number of phenolic OH excluding ortho intramolecular Hbond substituents is 3. The van der Waals surface area contributed by atoms with Crippen molar-refractivity contribution in [1.82, 2.24) is 36.8 Å². The number of carboxylic acids is 1. The molecular weight excluding hydrogens is 1700 g/mol. The highest BCUT2D eigenvalue weighted by Gasteiger charge is 2.52. The first kappa shape index (κ1) is 85.5. The third kappa shape index (κ3) is 17.5. The highest BCUT2D eigenvalue weighted by Crippen LogP contribution is 2.51. The van der Waals surface area contributed by atoms with Crippen molar-refractivity contribution in [3.63, 3.8) is 0 Å². The number of nitrogens with two attached hydrogens (primary N) is 2. The van der Waals surface area contributed by atoms with Crippen molar-refractivity contribution in [2.24, 2.45) is 23.3 Å². The van der Waals surface area contributed by atoms with Crippen LogP contribution in [0.1, 0.15) is 117 Å². The topological polar surface area (TPSA) is 528 Å². The Morgan fingerprint density at radius 3 is 2.02 bits per heavy atom. The lowest BCUT2D eigenvalue weighted by Crippen LogP contribution is -2.64. The second-order valence-corrected chi connectivity index (χ2v) is 32.3. The van der Waals surface area contributed by atoms with E-state index in [1.54, 1.807) is 13.8 Å². The average molecular weight is 1780 g/mol. The first-order valence-electron chi connectivity index (χ1n) is 37.6. The van der Waals surface area contributed by atoms with Gasteiger partial charge in [-0.05, 0) is 120 Å². The molecule has 19 N–H and O–H groups in total. The summed E-state index contributed by atoms with van der Waals surface area (Å²) in [4.78, 5) is 135. The maximum atomic E-state index is 16.3. The van der Waals surface area contributed by atoms with E-state index in [4.69, 9.17) is 67.8 Å². The van der Waals surface area contributed by atoms with Gasteiger partial charge in [-0.3, -0.25) is 38.5 Å². The van der Waals surface area contributed by atoms with Crippen LogP contribution in [-0.2, 0) is 57.3 Å². The number of hydrogen-bond donors (Lipinski definition) is 17. The van der Waals surface area contributed by atoms with Gasteiger partial charge in [-0.15, -0.1) is 0 Å². The Balaban J connectivity index is 0.968. The number of primary amides is 1. The Kier molecular flexibility index (Phi) is 25.3. The van der Waals surface area contributed by atoms with Crippen LogP contribution in [0.2, 0.25) is 5.02 Å². The second kappa shape index (κ2) is 34.9. The van der Waals surface area contributed by atoms with Crippen LogP contribution in [0.5, 0.6) is 40.2 Å². The van der Waals surface area contributed by atoms with Gasteiger partial charge >= 0.3 is 12.1 Å². The molecule has 0 saturated carbocycles. The Labute approximate surface area is 697 Å². The summed E-state index contributed by atoms with van der Waals surface area (Å²) in [7, 11) is 1.30. The molecule has 15 rings (SSSR count). The molecule has 118 heavy (non-hydrogen) atoms. The van der Waals surface area contributed by atoms with Gasteiger partial charge in [0.15, 0.2) is 29.9 Å². The minimum absolute atomic E-state index is 0.0189. The predicted molar refractivity (Wildman–Crippen MR) is 425 cm³/mol. The molecule has 6 aromatic rings. The smallest absolute Gasteiger partial charge is 0.410 e. The molecule has 11 bridgehead atoms. The zero-order chi connectivity index (χ0) is 84.9. The van der Waals surface area contributed by atoms with Crippen molar-refractivity contribution in [2.75, 3.05) is 18.1 Å². The zero-order valence-electron chi connectivity index (χ0n) is 63.6. The molecule has 7 heterocycles. The number of phenols is 3. The molecule has 626 valence electrons. The highest BCUT2D eigenvalue weighted by atomic mass is 127. The Hall–Kier alpha value is -10.4. The van der Waals surface area contributed by atoms with Crippen LogP contribution in [0.4, 0.5) is 4.79 Å². The number of nitrogens with zero attached hydrogens (tertiary/aromatic N) is 1. The molecule has 6 aromatic carbocycles. The molecular formula is C81H86Cl2IN9O25. The van der Waals surface area contributed by atoms with Gasteiger partial charge in [0.2, 0.25) is 53.4 Å². The molecule has 2 aliphatic carbocycles. The molecule has 2 fully saturated rings. The summed E-state index contributed by atoms with van der Waals surface area (Å²) in [5.41, 5.74) is 12.2. The summed E-state index contributed by atoms with van der Waals surface area (Å²) in [6.07, 6.45) is -16.6. The van der Waals surface area contributed by atoms with Crippen molar-refractivity contribution in [2.45, 2.75) is 169 Å². The van der Waals surface area contributed by atoms with Crippen molar-refractivity contribution in [3.8, 4) is 62.5 Å². The number of aliphatic hydroxyl groups is 5. The summed E-state index contributed by atoms with van der Waals surface area (Å²) in [6.45, 7) is 6.40. The summed E-state index contributed by atoms with van der Waals surface area (Å²) >= 11 is 16.3. The van der Waals surface area contributed by atoms with Gasteiger partial charge in [-0.1, -0.05) is 126 Å². The SMILES string of the molecule is CC(C)C[C@H](C(=O)N[C@H]1C(=O)N[C@@H](CC(N)=O)C(=O)N[C@H]2C(=O)N[C@H]3C(=O)N[C@H](C(=O)N[C@@H](C(=O)O)c4cc(O)cc(O)c4-c4cc3ccc4O)[C@H](O)C3C=C(Cl)C(=CC3)Oc3cc2cc(c3OC2OC(CI)C(O)C(O)C2OC2CC(C)(N)C(O)C(C)O2)Oc2ccc(cc2Cl)[C@H]1O)N(C)C(=O)OCC1c2ccccc2-c2ccccc21.